The number of benzene rings is 1. The number of carbonyl (C=O) groups excluding carboxylic acids is 2. The van der Waals surface area contributed by atoms with Gasteiger partial charge in [-0.25, -0.2) is 13.1 Å². The highest BCUT2D eigenvalue weighted by Crippen LogP contribution is 2.36. The average Bonchev–Trinajstić information content (AvgIpc) is 2.56. The van der Waals surface area contributed by atoms with Crippen LogP contribution in [0.15, 0.2) is 26.6 Å². The molecule has 27 heavy (non-hydrogen) atoms. The molecule has 1 aromatic heterocycles. The van der Waals surface area contributed by atoms with E-state index in [1.54, 1.807) is 4.98 Å². The predicted octanol–water partition coefficient (Wildman–Crippen LogP) is -0.270. The Morgan fingerprint density at radius 3 is 2.37 bits per heavy atom. The van der Waals surface area contributed by atoms with E-state index in [1.807, 2.05) is 0 Å². The monoisotopic (exact) mass is 409 g/mol. The lowest BCUT2D eigenvalue weighted by Crippen LogP contribution is -2.37. The molecule has 0 aliphatic heterocycles. The number of ketones is 1. The van der Waals surface area contributed by atoms with Gasteiger partial charge in [-0.3, -0.25) is 19.2 Å². The van der Waals surface area contributed by atoms with Gasteiger partial charge in [-0.2, -0.15) is 13.2 Å². The first-order valence-electron chi connectivity index (χ1n) is 6.99. The number of sulfonamides is 1. The number of alkyl halides is 3. The van der Waals surface area contributed by atoms with E-state index < -0.39 is 66.9 Å². The van der Waals surface area contributed by atoms with Gasteiger partial charge >= 0.3 is 23.2 Å². The fourth-order valence-electron chi connectivity index (χ4n) is 2.06. The summed E-state index contributed by atoms with van der Waals surface area (Å²) in [4.78, 5) is 45.7. The Balaban J connectivity index is 2.85. The van der Waals surface area contributed by atoms with E-state index >= 15 is 0 Å². The van der Waals surface area contributed by atoms with E-state index in [0.29, 0.717) is 0 Å². The first-order chi connectivity index (χ1) is 12.3. The molecule has 1 amide bonds. The molecule has 0 bridgehead atoms. The maximum atomic E-state index is 13.3. The summed E-state index contributed by atoms with van der Waals surface area (Å²) in [6.45, 7) is 1.23. The molecule has 3 N–H and O–H groups in total. The van der Waals surface area contributed by atoms with Crippen LogP contribution in [0.3, 0.4) is 0 Å². The molecule has 0 fully saturated rings. The lowest BCUT2D eigenvalue weighted by atomic mass is 10.2. The molecule has 0 saturated heterocycles. The van der Waals surface area contributed by atoms with Crippen LogP contribution in [0.2, 0.25) is 0 Å². The quantitative estimate of drug-likeness (QED) is 0.464. The normalized spacial score (nSPS) is 12.1. The highest BCUT2D eigenvalue weighted by molar-refractivity contribution is 7.90. The topological polar surface area (TPSA) is 155 Å². The second kappa shape index (κ2) is 6.53. The summed E-state index contributed by atoms with van der Waals surface area (Å²) in [5.74, 6) is -2.86. The number of hydrogen-bond donors (Lipinski definition) is 3. The van der Waals surface area contributed by atoms with Crippen molar-refractivity contribution in [3.05, 3.63) is 38.4 Å². The smallest absolute Gasteiger partial charge is 0.417 e. The highest BCUT2D eigenvalue weighted by Gasteiger charge is 2.39. The van der Waals surface area contributed by atoms with E-state index in [4.69, 9.17) is 0 Å². The standard InChI is InChI=1S/C13H10F3N3O7S/c1-2-8(20)10(21)18-27(25,26)9-4-7-6(3-5(9)13(14,15)16)17-11(22)12(23)19(7)24/h3-4,24H,2H2,1H3,(H,17,22)(H,18,21). The molecule has 10 nitrogen and oxygen atoms in total. The molecule has 0 atom stereocenters. The SMILES string of the molecule is CCC(=O)C(=O)NS(=O)(=O)c1cc2c(cc1C(F)(F)F)[nH]c(=O)c(=O)n2O. The van der Waals surface area contributed by atoms with Crippen LogP contribution in [-0.4, -0.2) is 35.0 Å². The van der Waals surface area contributed by atoms with Crippen molar-refractivity contribution >= 4 is 32.7 Å². The predicted molar refractivity (Wildman–Crippen MR) is 81.6 cm³/mol. The number of rotatable bonds is 4. The van der Waals surface area contributed by atoms with Crippen molar-refractivity contribution < 1.29 is 36.4 Å². The van der Waals surface area contributed by atoms with E-state index in [9.17, 15) is 46.0 Å². The summed E-state index contributed by atoms with van der Waals surface area (Å²) in [6.07, 6.45) is -5.66. The number of hydrogen-bond acceptors (Lipinski definition) is 7. The molecular weight excluding hydrogens is 399 g/mol. The van der Waals surface area contributed by atoms with E-state index in [2.05, 4.69) is 0 Å². The van der Waals surface area contributed by atoms with Crippen LogP contribution in [0, 0.1) is 0 Å². The Hall–Kier alpha value is -3.16. The molecule has 2 aromatic rings. The summed E-state index contributed by atoms with van der Waals surface area (Å²) < 4.78 is 65.1. The van der Waals surface area contributed by atoms with Crippen molar-refractivity contribution in [1.82, 2.24) is 14.4 Å². The minimum Gasteiger partial charge on any atom is -0.425 e. The van der Waals surface area contributed by atoms with Gasteiger partial charge in [-0.1, -0.05) is 6.92 Å². The first-order valence-corrected chi connectivity index (χ1v) is 8.47. The van der Waals surface area contributed by atoms with Crippen LogP contribution in [0.25, 0.3) is 11.0 Å². The Morgan fingerprint density at radius 2 is 1.85 bits per heavy atom. The number of aromatic nitrogens is 2. The molecule has 1 aromatic carbocycles. The molecule has 0 spiro atoms. The molecule has 0 radical (unpaired) electrons. The zero-order valence-electron chi connectivity index (χ0n) is 13.2. The number of Topliss-reactive ketones (excluding diaryl/α,β-unsaturated/α-hetero) is 1. The Kier molecular flexibility index (Phi) is 4.88. The summed E-state index contributed by atoms with van der Waals surface area (Å²) in [7, 11) is -5.22. The number of nitrogens with zero attached hydrogens (tertiary/aromatic N) is 1. The molecular formula is C13H10F3N3O7S. The number of fused-ring (bicyclic) bond motifs is 1. The van der Waals surface area contributed by atoms with Crippen molar-refractivity contribution in [3.8, 4) is 0 Å². The van der Waals surface area contributed by atoms with Gasteiger partial charge in [0.25, 0.3) is 10.0 Å². The second-order valence-corrected chi connectivity index (χ2v) is 6.80. The van der Waals surface area contributed by atoms with Crippen LogP contribution in [0.1, 0.15) is 18.9 Å². The summed E-state index contributed by atoms with van der Waals surface area (Å²) >= 11 is 0. The van der Waals surface area contributed by atoms with E-state index in [0.717, 1.165) is 0 Å². The van der Waals surface area contributed by atoms with Gasteiger partial charge in [0, 0.05) is 6.42 Å². The third-order valence-electron chi connectivity index (χ3n) is 3.36. The summed E-state index contributed by atoms with van der Waals surface area (Å²) in [5.41, 5.74) is -6.29. The molecule has 146 valence electrons. The van der Waals surface area contributed by atoms with Crippen LogP contribution in [-0.2, 0) is 25.8 Å². The maximum Gasteiger partial charge on any atom is 0.417 e. The van der Waals surface area contributed by atoms with Crippen LogP contribution in [0.4, 0.5) is 13.2 Å². The van der Waals surface area contributed by atoms with E-state index in [-0.39, 0.29) is 16.9 Å². The highest BCUT2D eigenvalue weighted by atomic mass is 32.2. The number of halogens is 3. The summed E-state index contributed by atoms with van der Waals surface area (Å²) in [6, 6.07) is 0.408. The first kappa shape index (κ1) is 20.2. The Morgan fingerprint density at radius 1 is 1.26 bits per heavy atom. The van der Waals surface area contributed by atoms with Crippen LogP contribution in [0.5, 0.6) is 0 Å². The molecule has 14 heteroatoms. The van der Waals surface area contributed by atoms with E-state index in [1.165, 1.54) is 11.6 Å². The van der Waals surface area contributed by atoms with Gasteiger partial charge in [-0.05, 0) is 12.1 Å². The third-order valence-corrected chi connectivity index (χ3v) is 4.73. The minimum atomic E-state index is -5.26. The van der Waals surface area contributed by atoms with Gasteiger partial charge in [0.05, 0.1) is 11.1 Å². The van der Waals surface area contributed by atoms with Crippen molar-refractivity contribution in [1.29, 1.82) is 0 Å². The minimum absolute atomic E-state index is 0.170. The van der Waals surface area contributed by atoms with Gasteiger partial charge in [0.15, 0.2) is 0 Å². The van der Waals surface area contributed by atoms with Gasteiger partial charge in [0.2, 0.25) is 5.78 Å². The maximum absolute atomic E-state index is 13.3. The average molecular weight is 409 g/mol. The lowest BCUT2D eigenvalue weighted by molar-refractivity contribution is -0.140. The molecule has 1 heterocycles. The van der Waals surface area contributed by atoms with Crippen LogP contribution >= 0.6 is 0 Å². The Labute approximate surface area is 147 Å². The third kappa shape index (κ3) is 3.69. The van der Waals surface area contributed by atoms with Gasteiger partial charge in [-0.15, -0.1) is 4.73 Å². The lowest BCUT2D eigenvalue weighted by Gasteiger charge is -2.15. The number of H-pyrrole nitrogens is 1. The molecule has 0 aliphatic rings. The summed E-state index contributed by atoms with van der Waals surface area (Å²) in [5, 5.41) is 9.60. The van der Waals surface area contributed by atoms with Crippen LogP contribution < -0.4 is 15.8 Å². The van der Waals surface area contributed by atoms with Gasteiger partial charge < -0.3 is 10.2 Å². The van der Waals surface area contributed by atoms with Crippen molar-refractivity contribution in [3.63, 3.8) is 0 Å². The number of aromatic amines is 1. The van der Waals surface area contributed by atoms with Crippen molar-refractivity contribution in [2.75, 3.05) is 0 Å². The van der Waals surface area contributed by atoms with Crippen molar-refractivity contribution in [2.45, 2.75) is 24.4 Å². The second-order valence-electron chi connectivity index (χ2n) is 5.15. The number of nitrogens with one attached hydrogen (secondary N) is 2. The molecule has 2 rings (SSSR count). The largest absolute Gasteiger partial charge is 0.425 e. The molecule has 0 unspecified atom stereocenters. The Bertz CT molecular complexity index is 1180. The zero-order chi connectivity index (χ0) is 20.7. The van der Waals surface area contributed by atoms with Crippen molar-refractivity contribution in [2.24, 2.45) is 0 Å². The molecule has 0 aliphatic carbocycles. The fraction of sp³-hybridized carbons (Fsp3) is 0.231. The number of carbonyl (C=O) groups is 2. The van der Waals surface area contributed by atoms with Gasteiger partial charge in [0.1, 0.15) is 10.4 Å². The number of amides is 1. The zero-order valence-corrected chi connectivity index (χ0v) is 14.1. The molecule has 0 saturated carbocycles. The fourth-order valence-corrected chi connectivity index (χ4v) is 3.26.